The van der Waals surface area contributed by atoms with E-state index in [1.54, 1.807) is 30.0 Å². The maximum Gasteiger partial charge on any atom is 0.252 e. The summed E-state index contributed by atoms with van der Waals surface area (Å²) < 4.78 is 0. The van der Waals surface area contributed by atoms with Crippen molar-refractivity contribution in [1.82, 2.24) is 5.32 Å². The zero-order valence-corrected chi connectivity index (χ0v) is 14.6. The molecule has 0 fully saturated rings. The van der Waals surface area contributed by atoms with Crippen LogP contribution in [0, 0.1) is 6.92 Å². The largest absolute Gasteiger partial charge is 0.351 e. The number of hydrogen-bond donors (Lipinski definition) is 1. The van der Waals surface area contributed by atoms with Crippen LogP contribution in [-0.2, 0) is 5.75 Å². The van der Waals surface area contributed by atoms with Crippen LogP contribution in [-0.4, -0.2) is 18.2 Å². The van der Waals surface area contributed by atoms with Crippen molar-refractivity contribution in [3.05, 3.63) is 69.2 Å². The lowest BCUT2D eigenvalue weighted by Gasteiger charge is -2.07. The number of carbonyl (C=O) groups excluding carboxylic acids is 1. The first kappa shape index (κ1) is 17.2. The predicted molar refractivity (Wildman–Crippen MR) is 96.1 cm³/mol. The molecule has 0 aliphatic rings. The van der Waals surface area contributed by atoms with Gasteiger partial charge in [0, 0.05) is 23.1 Å². The number of amides is 1. The van der Waals surface area contributed by atoms with Crippen molar-refractivity contribution in [2.24, 2.45) is 0 Å². The van der Waals surface area contributed by atoms with E-state index in [0.717, 1.165) is 22.1 Å². The Morgan fingerprint density at radius 2 is 1.91 bits per heavy atom. The molecule has 0 aromatic heterocycles. The number of benzene rings is 2. The number of thioether (sulfide) groups is 1. The van der Waals surface area contributed by atoms with Crippen molar-refractivity contribution in [3.63, 3.8) is 0 Å². The Kier molecular flexibility index (Phi) is 6.62. The summed E-state index contributed by atoms with van der Waals surface area (Å²) in [6.45, 7) is 2.61. The summed E-state index contributed by atoms with van der Waals surface area (Å²) in [5.74, 6) is 1.62. The quantitative estimate of drug-likeness (QED) is 0.743. The van der Waals surface area contributed by atoms with Crippen molar-refractivity contribution in [3.8, 4) is 0 Å². The molecule has 0 unspecified atom stereocenters. The molecule has 0 atom stereocenters. The lowest BCUT2D eigenvalue weighted by atomic mass is 10.2. The number of nitrogens with one attached hydrogen (secondary N) is 1. The molecule has 0 saturated carbocycles. The predicted octanol–water partition coefficient (Wildman–Crippen LogP) is 4.97. The standard InChI is InChI=1S/C17H17Cl2NOS/c1-12-10-13(6-7-15(12)18)11-22-9-8-20-17(21)14-4-2-3-5-16(14)19/h2-7,10H,8-9,11H2,1H3,(H,20,21). The topological polar surface area (TPSA) is 29.1 Å². The summed E-state index contributed by atoms with van der Waals surface area (Å²) in [7, 11) is 0. The molecular weight excluding hydrogens is 337 g/mol. The minimum Gasteiger partial charge on any atom is -0.351 e. The lowest BCUT2D eigenvalue weighted by Crippen LogP contribution is -2.26. The zero-order valence-electron chi connectivity index (χ0n) is 12.2. The van der Waals surface area contributed by atoms with E-state index in [9.17, 15) is 4.79 Å². The van der Waals surface area contributed by atoms with Gasteiger partial charge in [-0.2, -0.15) is 11.8 Å². The van der Waals surface area contributed by atoms with E-state index in [0.29, 0.717) is 17.1 Å². The van der Waals surface area contributed by atoms with Gasteiger partial charge in [-0.3, -0.25) is 4.79 Å². The fraction of sp³-hybridized carbons (Fsp3) is 0.235. The minimum atomic E-state index is -0.131. The second-order valence-corrected chi connectivity index (χ2v) is 6.79. The Hall–Kier alpha value is -1.16. The maximum absolute atomic E-state index is 12.0. The Labute approximate surface area is 145 Å². The average molecular weight is 354 g/mol. The summed E-state index contributed by atoms with van der Waals surface area (Å²) in [6.07, 6.45) is 0. The number of hydrogen-bond acceptors (Lipinski definition) is 2. The van der Waals surface area contributed by atoms with Gasteiger partial charge >= 0.3 is 0 Å². The fourth-order valence-electron chi connectivity index (χ4n) is 1.96. The monoisotopic (exact) mass is 353 g/mol. The Balaban J connectivity index is 1.72. The second-order valence-electron chi connectivity index (χ2n) is 4.87. The Morgan fingerprint density at radius 1 is 1.14 bits per heavy atom. The first-order chi connectivity index (χ1) is 10.6. The third-order valence-corrected chi connectivity index (χ3v) is 4.93. The zero-order chi connectivity index (χ0) is 15.9. The van der Waals surface area contributed by atoms with E-state index in [1.165, 1.54) is 5.56 Å². The molecule has 2 nitrogen and oxygen atoms in total. The SMILES string of the molecule is Cc1cc(CSCCNC(=O)c2ccccc2Cl)ccc1Cl. The number of carbonyl (C=O) groups is 1. The summed E-state index contributed by atoms with van der Waals surface area (Å²) in [5, 5.41) is 4.15. The van der Waals surface area contributed by atoms with Gasteiger partial charge in [-0.25, -0.2) is 0 Å². The average Bonchev–Trinajstić information content (AvgIpc) is 2.50. The van der Waals surface area contributed by atoms with Crippen molar-refractivity contribution >= 4 is 40.9 Å². The van der Waals surface area contributed by atoms with E-state index in [-0.39, 0.29) is 5.91 Å². The Morgan fingerprint density at radius 3 is 2.64 bits per heavy atom. The fourth-order valence-corrected chi connectivity index (χ4v) is 3.11. The molecule has 5 heteroatoms. The van der Waals surface area contributed by atoms with Gasteiger partial charge in [0.05, 0.1) is 10.6 Å². The maximum atomic E-state index is 12.0. The summed E-state index contributed by atoms with van der Waals surface area (Å²) in [4.78, 5) is 12.0. The molecule has 2 aromatic carbocycles. The van der Waals surface area contributed by atoms with E-state index >= 15 is 0 Å². The van der Waals surface area contributed by atoms with Crippen LogP contribution in [0.15, 0.2) is 42.5 Å². The number of rotatable bonds is 6. The van der Waals surface area contributed by atoms with Crippen LogP contribution in [0.4, 0.5) is 0 Å². The van der Waals surface area contributed by atoms with E-state index in [1.807, 2.05) is 25.1 Å². The third-order valence-electron chi connectivity index (χ3n) is 3.14. The highest BCUT2D eigenvalue weighted by Crippen LogP contribution is 2.19. The van der Waals surface area contributed by atoms with E-state index in [2.05, 4.69) is 11.4 Å². The number of aryl methyl sites for hydroxylation is 1. The highest BCUT2D eigenvalue weighted by Gasteiger charge is 2.08. The van der Waals surface area contributed by atoms with Crippen molar-refractivity contribution < 1.29 is 4.79 Å². The van der Waals surface area contributed by atoms with Crippen LogP contribution in [0.5, 0.6) is 0 Å². The molecule has 0 saturated heterocycles. The van der Waals surface area contributed by atoms with E-state index in [4.69, 9.17) is 23.2 Å². The summed E-state index contributed by atoms with van der Waals surface area (Å²) in [6, 6.07) is 13.1. The highest BCUT2D eigenvalue weighted by atomic mass is 35.5. The first-order valence-electron chi connectivity index (χ1n) is 6.93. The number of halogens is 2. The highest BCUT2D eigenvalue weighted by molar-refractivity contribution is 7.98. The van der Waals surface area contributed by atoms with Crippen LogP contribution in [0.1, 0.15) is 21.5 Å². The van der Waals surface area contributed by atoms with Gasteiger partial charge in [-0.05, 0) is 36.2 Å². The van der Waals surface area contributed by atoms with Gasteiger partial charge in [0.15, 0.2) is 0 Å². The summed E-state index contributed by atoms with van der Waals surface area (Å²) in [5.41, 5.74) is 2.85. The van der Waals surface area contributed by atoms with Gasteiger partial charge in [-0.1, -0.05) is 47.5 Å². The molecular formula is C17H17Cl2NOS. The van der Waals surface area contributed by atoms with Crippen LogP contribution in [0.25, 0.3) is 0 Å². The molecule has 0 aliphatic heterocycles. The molecule has 116 valence electrons. The Bertz CT molecular complexity index is 661. The van der Waals surface area contributed by atoms with Gasteiger partial charge in [-0.15, -0.1) is 0 Å². The smallest absolute Gasteiger partial charge is 0.252 e. The van der Waals surface area contributed by atoms with Gasteiger partial charge in [0.2, 0.25) is 0 Å². The van der Waals surface area contributed by atoms with Crippen molar-refractivity contribution in [1.29, 1.82) is 0 Å². The first-order valence-corrected chi connectivity index (χ1v) is 8.84. The molecule has 0 bridgehead atoms. The third kappa shape index (κ3) is 4.94. The molecule has 2 aromatic rings. The molecule has 0 aliphatic carbocycles. The molecule has 22 heavy (non-hydrogen) atoms. The van der Waals surface area contributed by atoms with Crippen molar-refractivity contribution in [2.45, 2.75) is 12.7 Å². The normalized spacial score (nSPS) is 10.5. The van der Waals surface area contributed by atoms with Crippen molar-refractivity contribution in [2.75, 3.05) is 12.3 Å². The van der Waals surface area contributed by atoms with Crippen LogP contribution >= 0.6 is 35.0 Å². The van der Waals surface area contributed by atoms with Gasteiger partial charge in [0.1, 0.15) is 0 Å². The molecule has 1 amide bonds. The molecule has 0 spiro atoms. The van der Waals surface area contributed by atoms with Gasteiger partial charge < -0.3 is 5.32 Å². The molecule has 0 heterocycles. The van der Waals surface area contributed by atoms with Crippen LogP contribution in [0.2, 0.25) is 10.0 Å². The summed E-state index contributed by atoms with van der Waals surface area (Å²) >= 11 is 13.8. The second kappa shape index (κ2) is 8.47. The molecule has 2 rings (SSSR count). The van der Waals surface area contributed by atoms with Crippen LogP contribution < -0.4 is 5.32 Å². The van der Waals surface area contributed by atoms with Gasteiger partial charge in [0.25, 0.3) is 5.91 Å². The minimum absolute atomic E-state index is 0.131. The molecule has 1 N–H and O–H groups in total. The van der Waals surface area contributed by atoms with Crippen LogP contribution in [0.3, 0.4) is 0 Å². The molecule has 0 radical (unpaired) electrons. The van der Waals surface area contributed by atoms with E-state index < -0.39 is 0 Å². The lowest BCUT2D eigenvalue weighted by molar-refractivity contribution is 0.0956.